The number of nitrogens with zero attached hydrogens (tertiary/aromatic N) is 1. The van der Waals surface area contributed by atoms with Crippen molar-refractivity contribution in [3.63, 3.8) is 0 Å². The van der Waals surface area contributed by atoms with Crippen molar-refractivity contribution in [2.75, 3.05) is 26.7 Å². The number of esters is 1. The first-order valence-electron chi connectivity index (χ1n) is 6.35. The van der Waals surface area contributed by atoms with Crippen LogP contribution in [0, 0.1) is 0 Å². The van der Waals surface area contributed by atoms with Gasteiger partial charge in [-0.15, -0.1) is 0 Å². The van der Waals surface area contributed by atoms with Gasteiger partial charge in [0.1, 0.15) is 0 Å². The molecule has 0 unspecified atom stereocenters. The minimum atomic E-state index is -0.258. The molecule has 1 N–H and O–H groups in total. The number of methoxy groups -OCH3 is 1. The van der Waals surface area contributed by atoms with Crippen LogP contribution in [-0.4, -0.2) is 49.6 Å². The Balaban J connectivity index is 1.97. The number of hydrogen-bond donors (Lipinski definition) is 1. The summed E-state index contributed by atoms with van der Waals surface area (Å²) in [5.74, 6) is -0.247. The number of hydrogen-bond acceptors (Lipinski definition) is 4. The zero-order chi connectivity index (χ0) is 13.7. The van der Waals surface area contributed by atoms with E-state index in [1.165, 1.54) is 7.11 Å². The van der Waals surface area contributed by atoms with Crippen molar-refractivity contribution in [3.05, 3.63) is 35.9 Å². The Hall–Kier alpha value is -1.88. The van der Waals surface area contributed by atoms with Gasteiger partial charge in [0.2, 0.25) is 0 Å². The van der Waals surface area contributed by atoms with Gasteiger partial charge in [-0.05, 0) is 12.1 Å². The van der Waals surface area contributed by atoms with Crippen LogP contribution in [0.4, 0.5) is 0 Å². The Kier molecular flexibility index (Phi) is 4.52. The van der Waals surface area contributed by atoms with Crippen LogP contribution in [0.25, 0.3) is 0 Å². The van der Waals surface area contributed by atoms with E-state index in [4.69, 9.17) is 0 Å². The van der Waals surface area contributed by atoms with Crippen LogP contribution in [0.5, 0.6) is 0 Å². The van der Waals surface area contributed by atoms with Gasteiger partial charge in [-0.25, -0.2) is 0 Å². The van der Waals surface area contributed by atoms with Gasteiger partial charge in [0.25, 0.3) is 5.91 Å². The van der Waals surface area contributed by atoms with E-state index in [2.05, 4.69) is 10.1 Å². The molecule has 0 aromatic heterocycles. The lowest BCUT2D eigenvalue weighted by Gasteiger charge is -2.33. The number of ether oxygens (including phenoxy) is 1. The lowest BCUT2D eigenvalue weighted by molar-refractivity contribution is -0.141. The average molecular weight is 262 g/mol. The van der Waals surface area contributed by atoms with Crippen molar-refractivity contribution in [1.29, 1.82) is 0 Å². The molecule has 5 heteroatoms. The Morgan fingerprint density at radius 2 is 2.11 bits per heavy atom. The van der Waals surface area contributed by atoms with E-state index in [0.29, 0.717) is 25.2 Å². The number of carbonyl (C=O) groups is 2. The number of amides is 1. The average Bonchev–Trinajstić information content (AvgIpc) is 2.47. The molecule has 1 aromatic carbocycles. The first kappa shape index (κ1) is 13.5. The molecule has 19 heavy (non-hydrogen) atoms. The normalized spacial score (nSPS) is 19.0. The van der Waals surface area contributed by atoms with Crippen molar-refractivity contribution in [2.24, 2.45) is 0 Å². The SMILES string of the molecule is COC(=O)C[C@H]1CN(C(=O)c2ccccc2)CCN1. The van der Waals surface area contributed by atoms with E-state index in [0.717, 1.165) is 0 Å². The zero-order valence-corrected chi connectivity index (χ0v) is 11.0. The number of benzene rings is 1. The molecule has 1 amide bonds. The summed E-state index contributed by atoms with van der Waals surface area (Å²) in [7, 11) is 1.37. The summed E-state index contributed by atoms with van der Waals surface area (Å²) in [6, 6.07) is 9.16. The monoisotopic (exact) mass is 262 g/mol. The van der Waals surface area contributed by atoms with Gasteiger partial charge in [-0.2, -0.15) is 0 Å². The summed E-state index contributed by atoms with van der Waals surface area (Å²) in [4.78, 5) is 25.3. The smallest absolute Gasteiger partial charge is 0.307 e. The third-order valence-electron chi connectivity index (χ3n) is 3.20. The second-order valence-corrected chi connectivity index (χ2v) is 4.55. The molecule has 1 atom stereocenters. The lowest BCUT2D eigenvalue weighted by atomic mass is 10.1. The topological polar surface area (TPSA) is 58.6 Å². The van der Waals surface area contributed by atoms with Crippen LogP contribution in [0.3, 0.4) is 0 Å². The highest BCUT2D eigenvalue weighted by Gasteiger charge is 2.25. The molecule has 5 nitrogen and oxygen atoms in total. The fraction of sp³-hybridized carbons (Fsp3) is 0.429. The summed E-state index contributed by atoms with van der Waals surface area (Å²) in [6.07, 6.45) is 0.287. The second-order valence-electron chi connectivity index (χ2n) is 4.55. The molecule has 0 radical (unpaired) electrons. The summed E-state index contributed by atoms with van der Waals surface area (Å²) in [6.45, 7) is 1.88. The highest BCUT2D eigenvalue weighted by molar-refractivity contribution is 5.94. The number of carbonyl (C=O) groups excluding carboxylic acids is 2. The van der Waals surface area contributed by atoms with Gasteiger partial charge >= 0.3 is 5.97 Å². The van der Waals surface area contributed by atoms with Crippen molar-refractivity contribution in [3.8, 4) is 0 Å². The number of nitrogens with one attached hydrogen (secondary N) is 1. The van der Waals surface area contributed by atoms with Crippen LogP contribution in [0.15, 0.2) is 30.3 Å². The second kappa shape index (κ2) is 6.33. The molecule has 1 aromatic rings. The predicted octanol–water partition coefficient (Wildman–Crippen LogP) is 0.664. The maximum atomic E-state index is 12.3. The third-order valence-corrected chi connectivity index (χ3v) is 3.20. The molecule has 0 spiro atoms. The molecule has 2 rings (SSSR count). The van der Waals surface area contributed by atoms with Gasteiger partial charge in [0, 0.05) is 31.2 Å². The summed E-state index contributed by atoms with van der Waals surface area (Å²) >= 11 is 0. The molecular formula is C14H18N2O3. The van der Waals surface area contributed by atoms with Crippen molar-refractivity contribution in [2.45, 2.75) is 12.5 Å². The highest BCUT2D eigenvalue weighted by Crippen LogP contribution is 2.09. The zero-order valence-electron chi connectivity index (χ0n) is 11.0. The van der Waals surface area contributed by atoms with Crippen LogP contribution in [0.1, 0.15) is 16.8 Å². The minimum absolute atomic E-state index is 0.0111. The Morgan fingerprint density at radius 1 is 1.37 bits per heavy atom. The van der Waals surface area contributed by atoms with E-state index >= 15 is 0 Å². The minimum Gasteiger partial charge on any atom is -0.469 e. The molecule has 1 saturated heterocycles. The van der Waals surface area contributed by atoms with E-state index in [9.17, 15) is 9.59 Å². The fourth-order valence-corrected chi connectivity index (χ4v) is 2.19. The highest BCUT2D eigenvalue weighted by atomic mass is 16.5. The van der Waals surface area contributed by atoms with Crippen LogP contribution < -0.4 is 5.32 Å². The quantitative estimate of drug-likeness (QED) is 0.813. The van der Waals surface area contributed by atoms with Crippen LogP contribution in [-0.2, 0) is 9.53 Å². The van der Waals surface area contributed by atoms with Gasteiger partial charge in [0.05, 0.1) is 13.5 Å². The molecule has 0 saturated carbocycles. The predicted molar refractivity (Wildman–Crippen MR) is 70.8 cm³/mol. The van der Waals surface area contributed by atoms with E-state index in [-0.39, 0.29) is 24.3 Å². The summed E-state index contributed by atoms with van der Waals surface area (Å²) < 4.78 is 4.65. The molecule has 1 aliphatic heterocycles. The summed E-state index contributed by atoms with van der Waals surface area (Å²) in [5, 5.41) is 3.23. The summed E-state index contributed by atoms with van der Waals surface area (Å²) in [5.41, 5.74) is 0.682. The van der Waals surface area contributed by atoms with E-state index in [1.54, 1.807) is 17.0 Å². The van der Waals surface area contributed by atoms with Gasteiger partial charge in [0.15, 0.2) is 0 Å². The van der Waals surface area contributed by atoms with Crippen molar-refractivity contribution in [1.82, 2.24) is 10.2 Å². The van der Waals surface area contributed by atoms with Crippen LogP contribution in [0.2, 0.25) is 0 Å². The number of piperazine rings is 1. The first-order chi connectivity index (χ1) is 9.20. The largest absolute Gasteiger partial charge is 0.469 e. The molecule has 0 aliphatic carbocycles. The lowest BCUT2D eigenvalue weighted by Crippen LogP contribution is -2.53. The fourth-order valence-electron chi connectivity index (χ4n) is 2.19. The van der Waals surface area contributed by atoms with Gasteiger partial charge in [-0.3, -0.25) is 9.59 Å². The third kappa shape index (κ3) is 3.54. The van der Waals surface area contributed by atoms with Crippen LogP contribution >= 0.6 is 0 Å². The number of rotatable bonds is 3. The standard InChI is InChI=1S/C14H18N2O3/c1-19-13(17)9-12-10-16(8-7-15-12)14(18)11-5-3-2-4-6-11/h2-6,12,15H,7-10H2,1H3/t12-/m0/s1. The van der Waals surface area contributed by atoms with E-state index in [1.807, 2.05) is 18.2 Å². The molecule has 102 valence electrons. The Bertz CT molecular complexity index is 447. The molecule has 1 aliphatic rings. The molecular weight excluding hydrogens is 244 g/mol. The maximum absolute atomic E-state index is 12.3. The van der Waals surface area contributed by atoms with E-state index < -0.39 is 0 Å². The molecule has 0 bridgehead atoms. The Labute approximate surface area is 112 Å². The van der Waals surface area contributed by atoms with Gasteiger partial charge < -0.3 is 15.0 Å². The maximum Gasteiger partial charge on any atom is 0.307 e. The van der Waals surface area contributed by atoms with Gasteiger partial charge in [-0.1, -0.05) is 18.2 Å². The molecule has 1 fully saturated rings. The first-order valence-corrected chi connectivity index (χ1v) is 6.35. The van der Waals surface area contributed by atoms with Crippen molar-refractivity contribution < 1.29 is 14.3 Å². The molecule has 1 heterocycles. The Morgan fingerprint density at radius 3 is 2.79 bits per heavy atom. The van der Waals surface area contributed by atoms with Crippen molar-refractivity contribution >= 4 is 11.9 Å².